The zero-order valence-corrected chi connectivity index (χ0v) is 7.15. The second kappa shape index (κ2) is 4.21. The number of methoxy groups -OCH3 is 1. The minimum atomic E-state index is -0.290. The van der Waals surface area contributed by atoms with E-state index in [2.05, 4.69) is 4.98 Å². The lowest BCUT2D eigenvalue weighted by Crippen LogP contribution is -2.01. The van der Waals surface area contributed by atoms with Crippen molar-refractivity contribution < 1.29 is 9.53 Å². The van der Waals surface area contributed by atoms with Gasteiger partial charge in [-0.3, -0.25) is 4.79 Å². The Labute approximate surface area is 75.8 Å². The molecule has 1 aromatic rings. The zero-order valence-electron chi connectivity index (χ0n) is 7.15. The maximum atomic E-state index is 11.2. The van der Waals surface area contributed by atoms with Gasteiger partial charge in [0.15, 0.2) is 5.78 Å². The third-order valence-electron chi connectivity index (χ3n) is 1.46. The fourth-order valence-electron chi connectivity index (χ4n) is 0.846. The summed E-state index contributed by atoms with van der Waals surface area (Å²) in [6.07, 6.45) is -0.153. The molecule has 0 bridgehead atoms. The van der Waals surface area contributed by atoms with Crippen molar-refractivity contribution in [3.8, 4) is 11.9 Å². The van der Waals surface area contributed by atoms with Gasteiger partial charge in [0.1, 0.15) is 12.1 Å². The van der Waals surface area contributed by atoms with Crippen LogP contribution in [0.2, 0.25) is 0 Å². The molecule has 0 spiro atoms. The molecule has 0 atom stereocenters. The van der Waals surface area contributed by atoms with Crippen LogP contribution in [0.3, 0.4) is 0 Å². The van der Waals surface area contributed by atoms with Gasteiger partial charge in [0.25, 0.3) is 0 Å². The van der Waals surface area contributed by atoms with Crippen LogP contribution in [0.1, 0.15) is 16.9 Å². The van der Waals surface area contributed by atoms with Crippen molar-refractivity contribution in [2.24, 2.45) is 0 Å². The van der Waals surface area contributed by atoms with E-state index in [0.29, 0.717) is 5.88 Å². The van der Waals surface area contributed by atoms with E-state index < -0.39 is 0 Å². The molecule has 4 heteroatoms. The Morgan fingerprint density at radius 2 is 2.46 bits per heavy atom. The van der Waals surface area contributed by atoms with Crippen LogP contribution in [0.4, 0.5) is 0 Å². The Morgan fingerprint density at radius 3 is 3.08 bits per heavy atom. The van der Waals surface area contributed by atoms with Gasteiger partial charge in [0.05, 0.1) is 13.2 Å². The molecular weight excluding hydrogens is 168 g/mol. The summed E-state index contributed by atoms with van der Waals surface area (Å²) in [6, 6.07) is 6.64. The standard InChI is InChI=1S/C9H8N2O2/c1-13-9-4-2-3-7(11-9)8(12)5-6-10/h2-4H,5H2,1H3. The van der Waals surface area contributed by atoms with Gasteiger partial charge in [-0.25, -0.2) is 4.98 Å². The van der Waals surface area contributed by atoms with Gasteiger partial charge < -0.3 is 4.74 Å². The predicted molar refractivity (Wildman–Crippen MR) is 45.3 cm³/mol. The highest BCUT2D eigenvalue weighted by atomic mass is 16.5. The van der Waals surface area contributed by atoms with Gasteiger partial charge in [-0.2, -0.15) is 5.26 Å². The van der Waals surface area contributed by atoms with Crippen molar-refractivity contribution in [2.75, 3.05) is 7.11 Å². The molecule has 1 aromatic heterocycles. The van der Waals surface area contributed by atoms with Gasteiger partial charge in [-0.1, -0.05) is 6.07 Å². The predicted octanol–water partition coefficient (Wildman–Crippen LogP) is 1.19. The number of hydrogen-bond donors (Lipinski definition) is 0. The molecule has 0 aliphatic rings. The molecule has 0 saturated carbocycles. The number of carbonyl (C=O) groups excluding carboxylic acids is 1. The summed E-state index contributed by atoms with van der Waals surface area (Å²) in [4.78, 5) is 15.1. The average Bonchev–Trinajstić information content (AvgIpc) is 2.18. The molecule has 0 fully saturated rings. The number of rotatable bonds is 3. The van der Waals surface area contributed by atoms with Crippen molar-refractivity contribution >= 4 is 5.78 Å². The molecule has 0 unspecified atom stereocenters. The largest absolute Gasteiger partial charge is 0.481 e. The van der Waals surface area contributed by atoms with E-state index in [-0.39, 0.29) is 17.9 Å². The van der Waals surface area contributed by atoms with Gasteiger partial charge in [-0.05, 0) is 6.07 Å². The monoisotopic (exact) mass is 176 g/mol. The van der Waals surface area contributed by atoms with E-state index in [1.54, 1.807) is 24.3 Å². The topological polar surface area (TPSA) is 63.0 Å². The quantitative estimate of drug-likeness (QED) is 0.649. The van der Waals surface area contributed by atoms with E-state index in [4.69, 9.17) is 10.00 Å². The SMILES string of the molecule is COc1cccc(C(=O)CC#N)n1. The lowest BCUT2D eigenvalue weighted by atomic mass is 10.2. The van der Waals surface area contributed by atoms with Crippen molar-refractivity contribution in [2.45, 2.75) is 6.42 Å². The number of ketones is 1. The van der Waals surface area contributed by atoms with Crippen LogP contribution in [-0.4, -0.2) is 17.9 Å². The van der Waals surface area contributed by atoms with Gasteiger partial charge in [0, 0.05) is 6.07 Å². The summed E-state index contributed by atoms with van der Waals surface area (Å²) >= 11 is 0. The third kappa shape index (κ3) is 2.27. The van der Waals surface area contributed by atoms with Crippen LogP contribution in [0, 0.1) is 11.3 Å². The second-order valence-electron chi connectivity index (χ2n) is 2.32. The molecule has 0 aliphatic carbocycles. The molecule has 0 aliphatic heterocycles. The number of aromatic nitrogens is 1. The number of carbonyl (C=O) groups is 1. The van der Waals surface area contributed by atoms with Crippen LogP contribution in [0.5, 0.6) is 5.88 Å². The number of Topliss-reactive ketones (excluding diaryl/α,β-unsaturated/α-hetero) is 1. The molecule has 1 heterocycles. The molecule has 0 saturated heterocycles. The first-order chi connectivity index (χ1) is 6.27. The molecule has 13 heavy (non-hydrogen) atoms. The van der Waals surface area contributed by atoms with E-state index >= 15 is 0 Å². The Hall–Kier alpha value is -1.89. The van der Waals surface area contributed by atoms with Crippen molar-refractivity contribution in [3.63, 3.8) is 0 Å². The molecule has 0 radical (unpaired) electrons. The second-order valence-corrected chi connectivity index (χ2v) is 2.32. The summed E-state index contributed by atoms with van der Waals surface area (Å²) in [5, 5.41) is 8.29. The van der Waals surface area contributed by atoms with Gasteiger partial charge in [-0.15, -0.1) is 0 Å². The van der Waals surface area contributed by atoms with E-state index in [9.17, 15) is 4.79 Å². The van der Waals surface area contributed by atoms with Crippen LogP contribution >= 0.6 is 0 Å². The highest BCUT2D eigenvalue weighted by Gasteiger charge is 2.06. The Morgan fingerprint density at radius 1 is 1.69 bits per heavy atom. The lowest BCUT2D eigenvalue weighted by Gasteiger charge is -1.99. The van der Waals surface area contributed by atoms with Crippen LogP contribution in [-0.2, 0) is 0 Å². The molecule has 66 valence electrons. The first-order valence-electron chi connectivity index (χ1n) is 3.69. The highest BCUT2D eigenvalue weighted by molar-refractivity contribution is 5.95. The summed E-state index contributed by atoms with van der Waals surface area (Å²) < 4.78 is 4.84. The highest BCUT2D eigenvalue weighted by Crippen LogP contribution is 2.07. The first kappa shape index (κ1) is 9.20. The summed E-state index contributed by atoms with van der Waals surface area (Å²) in [6.45, 7) is 0. The van der Waals surface area contributed by atoms with Crippen LogP contribution < -0.4 is 4.74 Å². The molecule has 0 aromatic carbocycles. The molecule has 1 rings (SSSR count). The van der Waals surface area contributed by atoms with Gasteiger partial charge in [0.2, 0.25) is 5.88 Å². The van der Waals surface area contributed by atoms with Crippen LogP contribution in [0.25, 0.3) is 0 Å². The van der Waals surface area contributed by atoms with Crippen LogP contribution in [0.15, 0.2) is 18.2 Å². The normalized spacial score (nSPS) is 8.92. The first-order valence-corrected chi connectivity index (χ1v) is 3.69. The van der Waals surface area contributed by atoms with E-state index in [1.165, 1.54) is 7.11 Å². The molecule has 0 amide bonds. The molecular formula is C9H8N2O2. The maximum Gasteiger partial charge on any atom is 0.213 e. The van der Waals surface area contributed by atoms with Gasteiger partial charge >= 0.3 is 0 Å². The number of nitrogens with zero attached hydrogens (tertiary/aromatic N) is 2. The molecule has 0 N–H and O–H groups in total. The zero-order chi connectivity index (χ0) is 9.68. The molecule has 4 nitrogen and oxygen atoms in total. The smallest absolute Gasteiger partial charge is 0.213 e. The fourth-order valence-corrected chi connectivity index (χ4v) is 0.846. The fraction of sp³-hybridized carbons (Fsp3) is 0.222. The average molecular weight is 176 g/mol. The van der Waals surface area contributed by atoms with E-state index in [0.717, 1.165) is 0 Å². The van der Waals surface area contributed by atoms with Crippen molar-refractivity contribution in [3.05, 3.63) is 23.9 Å². The number of nitriles is 1. The number of pyridine rings is 1. The Kier molecular flexibility index (Phi) is 2.98. The van der Waals surface area contributed by atoms with Crippen molar-refractivity contribution in [1.82, 2.24) is 4.98 Å². The lowest BCUT2D eigenvalue weighted by molar-refractivity contribution is 0.0992. The number of ether oxygens (including phenoxy) is 1. The maximum absolute atomic E-state index is 11.2. The summed E-state index contributed by atoms with van der Waals surface area (Å²) in [5.74, 6) is 0.0881. The summed E-state index contributed by atoms with van der Waals surface area (Å²) in [7, 11) is 1.47. The minimum absolute atomic E-state index is 0.153. The van der Waals surface area contributed by atoms with E-state index in [1.807, 2.05) is 0 Å². The number of hydrogen-bond acceptors (Lipinski definition) is 4. The van der Waals surface area contributed by atoms with Crippen molar-refractivity contribution in [1.29, 1.82) is 5.26 Å². The third-order valence-corrected chi connectivity index (χ3v) is 1.46. The Balaban J connectivity index is 2.89. The Bertz CT molecular complexity index is 355. The minimum Gasteiger partial charge on any atom is -0.481 e. The summed E-state index contributed by atoms with van der Waals surface area (Å²) in [5.41, 5.74) is 0.265.